The molecule has 5 heteroatoms. The molecule has 1 rings (SSSR count). The third-order valence-corrected chi connectivity index (χ3v) is 5.58. The highest BCUT2D eigenvalue weighted by Gasteiger charge is 2.24. The maximum Gasteiger partial charge on any atom is 0.178 e. The maximum absolute atomic E-state index is 12.2. The molecule has 0 saturated heterocycles. The van der Waals surface area contributed by atoms with Crippen LogP contribution < -0.4 is 0 Å². The summed E-state index contributed by atoms with van der Waals surface area (Å²) in [6, 6.07) is 1.88. The minimum Gasteiger partial charge on any atom is -0.294 e. The molecule has 1 aromatic heterocycles. The molecule has 0 radical (unpaired) electrons. The van der Waals surface area contributed by atoms with E-state index in [9.17, 15) is 4.79 Å². The van der Waals surface area contributed by atoms with Crippen LogP contribution in [0.15, 0.2) is 13.6 Å². The largest absolute Gasteiger partial charge is 0.294 e. The Balaban J connectivity index is 2.77. The van der Waals surface area contributed by atoms with Gasteiger partial charge in [-0.3, -0.25) is 9.69 Å². The van der Waals surface area contributed by atoms with Crippen LogP contribution in [0, 0.1) is 0 Å². The van der Waals surface area contributed by atoms with Gasteiger partial charge in [0.25, 0.3) is 0 Å². The highest BCUT2D eigenvalue weighted by molar-refractivity contribution is 9.12. The van der Waals surface area contributed by atoms with Crippen molar-refractivity contribution >= 4 is 49.0 Å². The molecule has 0 aliphatic carbocycles. The average Bonchev–Trinajstić information content (AvgIpc) is 2.57. The summed E-state index contributed by atoms with van der Waals surface area (Å²) in [5.41, 5.74) is 0.815. The second-order valence-corrected chi connectivity index (χ2v) is 8.43. The number of hydrogen-bond donors (Lipinski definition) is 0. The first-order valence-corrected chi connectivity index (χ1v) is 7.87. The third-order valence-electron chi connectivity index (χ3n) is 3.24. The van der Waals surface area contributed by atoms with Crippen molar-refractivity contribution in [3.8, 4) is 0 Å². The molecule has 0 N–H and O–H groups in total. The Bertz CT molecular complexity index is 415. The third kappa shape index (κ3) is 3.88. The van der Waals surface area contributed by atoms with Crippen LogP contribution in [0.2, 0.25) is 0 Å². The van der Waals surface area contributed by atoms with Gasteiger partial charge < -0.3 is 0 Å². The number of rotatable bonds is 5. The van der Waals surface area contributed by atoms with E-state index in [1.54, 1.807) is 0 Å². The Kier molecular flexibility index (Phi) is 5.38. The first-order valence-electron chi connectivity index (χ1n) is 5.47. The lowest BCUT2D eigenvalue weighted by molar-refractivity contribution is 0.0846. The molecule has 0 fully saturated rings. The van der Waals surface area contributed by atoms with Gasteiger partial charge in [0.15, 0.2) is 5.78 Å². The number of halogens is 2. The molecule has 2 nitrogen and oxygen atoms in total. The summed E-state index contributed by atoms with van der Waals surface area (Å²) in [6.45, 7) is 6.89. The van der Waals surface area contributed by atoms with Crippen molar-refractivity contribution in [2.24, 2.45) is 0 Å². The molecule has 0 spiro atoms. The van der Waals surface area contributed by atoms with Crippen LogP contribution in [0.3, 0.4) is 0 Å². The number of likely N-dealkylation sites (N-methyl/N-ethyl adjacent to an activating group) is 1. The van der Waals surface area contributed by atoms with Gasteiger partial charge in [0.05, 0.1) is 14.1 Å². The second-order valence-electron chi connectivity index (χ2n) is 4.68. The van der Waals surface area contributed by atoms with E-state index in [0.717, 1.165) is 19.6 Å². The molecule has 0 unspecified atom stereocenters. The second kappa shape index (κ2) is 5.95. The first kappa shape index (κ1) is 15.3. The van der Waals surface area contributed by atoms with E-state index in [0.29, 0.717) is 6.54 Å². The van der Waals surface area contributed by atoms with Crippen molar-refractivity contribution in [3.05, 3.63) is 19.2 Å². The van der Waals surface area contributed by atoms with Crippen molar-refractivity contribution in [3.63, 3.8) is 0 Å². The Labute approximate surface area is 124 Å². The number of hydrogen-bond acceptors (Lipinski definition) is 3. The zero-order chi connectivity index (χ0) is 13.2. The number of ketones is 1. The average molecular weight is 383 g/mol. The van der Waals surface area contributed by atoms with Crippen molar-refractivity contribution in [1.82, 2.24) is 4.90 Å². The number of thiophene rings is 1. The highest BCUT2D eigenvalue weighted by Crippen LogP contribution is 2.32. The molecule has 1 heterocycles. The fourth-order valence-corrected chi connectivity index (χ4v) is 4.17. The minimum absolute atomic E-state index is 0.0510. The molecule has 1 aromatic rings. The zero-order valence-electron chi connectivity index (χ0n) is 10.5. The normalized spacial score (nSPS) is 12.2. The molecule has 0 amide bonds. The number of carbonyl (C=O) groups is 1. The summed E-state index contributed by atoms with van der Waals surface area (Å²) >= 11 is 8.35. The van der Waals surface area contributed by atoms with Crippen molar-refractivity contribution in [2.45, 2.75) is 32.7 Å². The van der Waals surface area contributed by atoms with Crippen molar-refractivity contribution in [2.75, 3.05) is 13.6 Å². The molecule has 0 aromatic carbocycles. The van der Waals surface area contributed by atoms with E-state index in [2.05, 4.69) is 57.5 Å². The monoisotopic (exact) mass is 381 g/mol. The molecular formula is C12H17Br2NOS. The summed E-state index contributed by atoms with van der Waals surface area (Å²) in [4.78, 5) is 14.3. The topological polar surface area (TPSA) is 20.3 Å². The van der Waals surface area contributed by atoms with Gasteiger partial charge in [0, 0.05) is 11.1 Å². The van der Waals surface area contributed by atoms with Crippen LogP contribution in [0.25, 0.3) is 0 Å². The van der Waals surface area contributed by atoms with E-state index in [-0.39, 0.29) is 11.3 Å². The first-order chi connectivity index (χ1) is 7.77. The van der Waals surface area contributed by atoms with E-state index >= 15 is 0 Å². The summed E-state index contributed by atoms with van der Waals surface area (Å²) < 4.78 is 1.88. The zero-order valence-corrected chi connectivity index (χ0v) is 14.5. The fraction of sp³-hybridized carbons (Fsp3) is 0.583. The Morgan fingerprint density at radius 1 is 1.47 bits per heavy atom. The standard InChI is InChI=1S/C12H17Br2NOS/c1-5-12(2,3)15(4)7-9(16)8-6-10(13)17-11(8)14/h6H,5,7H2,1-4H3. The molecule has 0 aliphatic rings. The lowest BCUT2D eigenvalue weighted by Crippen LogP contribution is -2.43. The van der Waals surface area contributed by atoms with Crippen LogP contribution >= 0.6 is 43.2 Å². The van der Waals surface area contributed by atoms with Gasteiger partial charge in [0.1, 0.15) is 0 Å². The van der Waals surface area contributed by atoms with Crippen LogP contribution in [0.4, 0.5) is 0 Å². The van der Waals surface area contributed by atoms with Gasteiger partial charge in [-0.1, -0.05) is 6.92 Å². The highest BCUT2D eigenvalue weighted by atomic mass is 79.9. The van der Waals surface area contributed by atoms with E-state index in [1.807, 2.05) is 13.1 Å². The van der Waals surface area contributed by atoms with Gasteiger partial charge in [-0.2, -0.15) is 0 Å². The van der Waals surface area contributed by atoms with Gasteiger partial charge >= 0.3 is 0 Å². The van der Waals surface area contributed by atoms with Gasteiger partial charge in [0.2, 0.25) is 0 Å². The van der Waals surface area contributed by atoms with Gasteiger partial charge in [-0.25, -0.2) is 0 Å². The van der Waals surface area contributed by atoms with Crippen molar-refractivity contribution < 1.29 is 4.79 Å². The Morgan fingerprint density at radius 3 is 2.47 bits per heavy atom. The Morgan fingerprint density at radius 2 is 2.06 bits per heavy atom. The quantitative estimate of drug-likeness (QED) is 0.694. The van der Waals surface area contributed by atoms with E-state index in [1.165, 1.54) is 11.3 Å². The summed E-state index contributed by atoms with van der Waals surface area (Å²) in [7, 11) is 2.00. The SMILES string of the molecule is CCC(C)(C)N(C)CC(=O)c1cc(Br)sc1Br. The van der Waals surface area contributed by atoms with Gasteiger partial charge in [-0.05, 0) is 65.2 Å². The molecule has 0 atom stereocenters. The lowest BCUT2D eigenvalue weighted by Gasteiger charge is -2.34. The summed E-state index contributed by atoms with van der Waals surface area (Å²) in [6.07, 6.45) is 1.02. The molecule has 96 valence electrons. The predicted octanol–water partition coefficient (Wildman–Crippen LogP) is 4.58. The minimum atomic E-state index is 0.0510. The van der Waals surface area contributed by atoms with Gasteiger partial charge in [-0.15, -0.1) is 11.3 Å². The lowest BCUT2D eigenvalue weighted by atomic mass is 9.99. The molecule has 0 saturated carbocycles. The summed E-state index contributed by atoms with van der Waals surface area (Å²) in [5.74, 6) is 0.155. The predicted molar refractivity (Wildman–Crippen MR) is 81.0 cm³/mol. The summed E-state index contributed by atoms with van der Waals surface area (Å²) in [5, 5.41) is 0. The van der Waals surface area contributed by atoms with Crippen LogP contribution in [0.1, 0.15) is 37.6 Å². The molecule has 0 bridgehead atoms. The van der Waals surface area contributed by atoms with Crippen LogP contribution in [-0.4, -0.2) is 29.8 Å². The number of Topliss-reactive ketones (excluding diaryl/α,β-unsaturated/α-hetero) is 1. The maximum atomic E-state index is 12.2. The number of carbonyl (C=O) groups excluding carboxylic acids is 1. The molecule has 17 heavy (non-hydrogen) atoms. The molecule has 0 aliphatic heterocycles. The smallest absolute Gasteiger partial charge is 0.178 e. The Hall–Kier alpha value is 0.290. The van der Waals surface area contributed by atoms with Crippen molar-refractivity contribution in [1.29, 1.82) is 0 Å². The van der Waals surface area contributed by atoms with E-state index < -0.39 is 0 Å². The van der Waals surface area contributed by atoms with Crippen LogP contribution in [-0.2, 0) is 0 Å². The molecular weight excluding hydrogens is 366 g/mol. The van der Waals surface area contributed by atoms with E-state index in [4.69, 9.17) is 0 Å². The van der Waals surface area contributed by atoms with Crippen LogP contribution in [0.5, 0.6) is 0 Å². The fourth-order valence-electron chi connectivity index (χ4n) is 1.31. The number of nitrogens with zero attached hydrogens (tertiary/aromatic N) is 1.